The van der Waals surface area contributed by atoms with E-state index in [0.29, 0.717) is 13.2 Å². The average molecular weight is 353 g/mol. The summed E-state index contributed by atoms with van der Waals surface area (Å²) in [7, 11) is 0. The number of imide groups is 1. The van der Waals surface area contributed by atoms with Crippen LogP contribution >= 0.6 is 0 Å². The molecular weight excluding hydrogens is 330 g/mol. The monoisotopic (exact) mass is 353 g/mol. The summed E-state index contributed by atoms with van der Waals surface area (Å²) in [4.78, 5) is 25.9. The molecule has 2 aromatic carbocycles. The number of amides is 2. The minimum atomic E-state index is -0.568. The second kappa shape index (κ2) is 8.63. The first-order valence-corrected chi connectivity index (χ1v) is 8.80. The van der Waals surface area contributed by atoms with Crippen LogP contribution in [-0.2, 0) is 20.9 Å². The van der Waals surface area contributed by atoms with Crippen molar-refractivity contribution in [2.75, 3.05) is 13.2 Å². The van der Waals surface area contributed by atoms with Gasteiger partial charge in [-0.15, -0.1) is 0 Å². The fraction of sp³-hybridized carbons (Fsp3) is 0.333. The summed E-state index contributed by atoms with van der Waals surface area (Å²) in [5.41, 5.74) is 2.00. The maximum atomic E-state index is 12.7. The Morgan fingerprint density at radius 2 is 1.81 bits per heavy atom. The molecule has 1 saturated heterocycles. The van der Waals surface area contributed by atoms with E-state index in [4.69, 9.17) is 9.47 Å². The molecule has 26 heavy (non-hydrogen) atoms. The summed E-state index contributed by atoms with van der Waals surface area (Å²) in [5.74, 6) is -0.215. The minimum Gasteiger partial charge on any atom is -0.446 e. The van der Waals surface area contributed by atoms with E-state index in [0.717, 1.165) is 11.1 Å². The molecule has 5 nitrogen and oxygen atoms in total. The molecule has 2 atom stereocenters. The Balaban J connectivity index is 1.53. The van der Waals surface area contributed by atoms with Crippen molar-refractivity contribution in [3.63, 3.8) is 0 Å². The SMILES string of the molecule is C[C@H](COCc1ccccc1)CC(=O)N1C(=O)OC[C@H]1c1ccccc1. The van der Waals surface area contributed by atoms with E-state index in [2.05, 4.69) is 0 Å². The van der Waals surface area contributed by atoms with Crippen LogP contribution in [0.1, 0.15) is 30.5 Å². The van der Waals surface area contributed by atoms with Crippen molar-refractivity contribution in [3.8, 4) is 0 Å². The van der Waals surface area contributed by atoms with Gasteiger partial charge in [-0.1, -0.05) is 67.6 Å². The molecule has 0 radical (unpaired) electrons. The third-order valence-corrected chi connectivity index (χ3v) is 4.36. The second-order valence-corrected chi connectivity index (χ2v) is 6.58. The van der Waals surface area contributed by atoms with Gasteiger partial charge in [-0.05, 0) is 17.0 Å². The van der Waals surface area contributed by atoms with E-state index < -0.39 is 6.09 Å². The van der Waals surface area contributed by atoms with Crippen LogP contribution in [0.15, 0.2) is 60.7 Å². The number of nitrogens with zero attached hydrogens (tertiary/aromatic N) is 1. The van der Waals surface area contributed by atoms with Gasteiger partial charge < -0.3 is 9.47 Å². The van der Waals surface area contributed by atoms with Gasteiger partial charge in [0.15, 0.2) is 0 Å². The van der Waals surface area contributed by atoms with Crippen molar-refractivity contribution in [1.82, 2.24) is 4.90 Å². The first-order valence-electron chi connectivity index (χ1n) is 8.80. The van der Waals surface area contributed by atoms with E-state index in [1.807, 2.05) is 67.6 Å². The topological polar surface area (TPSA) is 55.8 Å². The lowest BCUT2D eigenvalue weighted by Gasteiger charge is -2.21. The molecule has 1 heterocycles. The quantitative estimate of drug-likeness (QED) is 0.756. The third kappa shape index (κ3) is 4.49. The summed E-state index contributed by atoms with van der Waals surface area (Å²) in [6.45, 7) is 3.12. The van der Waals surface area contributed by atoms with Crippen LogP contribution in [0.2, 0.25) is 0 Å². The molecule has 0 spiro atoms. The Bertz CT molecular complexity index is 732. The first kappa shape index (κ1) is 18.1. The van der Waals surface area contributed by atoms with E-state index >= 15 is 0 Å². The van der Waals surface area contributed by atoms with Gasteiger partial charge in [0.1, 0.15) is 12.6 Å². The smallest absolute Gasteiger partial charge is 0.417 e. The van der Waals surface area contributed by atoms with Crippen LogP contribution in [0.5, 0.6) is 0 Å². The summed E-state index contributed by atoms with van der Waals surface area (Å²) in [6, 6.07) is 19.0. The Morgan fingerprint density at radius 3 is 2.50 bits per heavy atom. The number of hydrogen-bond donors (Lipinski definition) is 0. The summed E-state index contributed by atoms with van der Waals surface area (Å²) in [5, 5.41) is 0. The Labute approximate surface area is 153 Å². The molecule has 1 aliphatic heterocycles. The normalized spacial score (nSPS) is 17.8. The van der Waals surface area contributed by atoms with Crippen LogP contribution in [-0.4, -0.2) is 30.1 Å². The van der Waals surface area contributed by atoms with Crippen LogP contribution in [0.4, 0.5) is 4.79 Å². The van der Waals surface area contributed by atoms with Crippen molar-refractivity contribution < 1.29 is 19.1 Å². The van der Waals surface area contributed by atoms with E-state index in [1.54, 1.807) is 0 Å². The van der Waals surface area contributed by atoms with E-state index in [9.17, 15) is 9.59 Å². The summed E-state index contributed by atoms with van der Waals surface area (Å²) in [6.07, 6.45) is -0.325. The molecule has 0 unspecified atom stereocenters. The zero-order chi connectivity index (χ0) is 18.4. The predicted molar refractivity (Wildman–Crippen MR) is 97.3 cm³/mol. The number of rotatable bonds is 7. The molecule has 136 valence electrons. The number of ether oxygens (including phenoxy) is 2. The molecule has 0 aromatic heterocycles. The summed E-state index contributed by atoms with van der Waals surface area (Å²) >= 11 is 0. The Kier molecular flexibility index (Phi) is 6.02. The largest absolute Gasteiger partial charge is 0.446 e. The second-order valence-electron chi connectivity index (χ2n) is 6.58. The predicted octanol–water partition coefficient (Wildman–Crippen LogP) is 3.95. The highest BCUT2D eigenvalue weighted by Gasteiger charge is 2.38. The Hall–Kier alpha value is -2.66. The van der Waals surface area contributed by atoms with Gasteiger partial charge in [0.25, 0.3) is 0 Å². The van der Waals surface area contributed by atoms with Crippen LogP contribution in [0.3, 0.4) is 0 Å². The van der Waals surface area contributed by atoms with Crippen molar-refractivity contribution in [1.29, 1.82) is 0 Å². The van der Waals surface area contributed by atoms with Crippen LogP contribution < -0.4 is 0 Å². The maximum absolute atomic E-state index is 12.7. The molecule has 3 rings (SSSR count). The lowest BCUT2D eigenvalue weighted by Crippen LogP contribution is -2.35. The molecule has 0 aliphatic carbocycles. The Morgan fingerprint density at radius 1 is 1.15 bits per heavy atom. The standard InChI is InChI=1S/C21H23NO4/c1-16(13-25-14-17-8-4-2-5-9-17)12-20(23)22-19(15-26-21(22)24)18-10-6-3-7-11-18/h2-11,16,19H,12-15H2,1H3/t16-,19-/m0/s1. The molecule has 0 saturated carbocycles. The lowest BCUT2D eigenvalue weighted by molar-refractivity contribution is -0.130. The van der Waals surface area contributed by atoms with Crippen molar-refractivity contribution in [2.45, 2.75) is 26.0 Å². The molecule has 1 fully saturated rings. The number of carbonyl (C=O) groups is 2. The lowest BCUT2D eigenvalue weighted by atomic mass is 10.0. The third-order valence-electron chi connectivity index (χ3n) is 4.36. The minimum absolute atomic E-state index is 0.0102. The molecule has 5 heteroatoms. The van der Waals surface area contributed by atoms with Crippen molar-refractivity contribution in [2.24, 2.45) is 5.92 Å². The highest BCUT2D eigenvalue weighted by atomic mass is 16.6. The van der Waals surface area contributed by atoms with Crippen LogP contribution in [0.25, 0.3) is 0 Å². The van der Waals surface area contributed by atoms with Gasteiger partial charge in [0.05, 0.1) is 13.2 Å². The van der Waals surface area contributed by atoms with Crippen molar-refractivity contribution in [3.05, 3.63) is 71.8 Å². The van der Waals surface area contributed by atoms with Gasteiger partial charge in [0, 0.05) is 6.42 Å². The first-order chi connectivity index (χ1) is 12.6. The fourth-order valence-corrected chi connectivity index (χ4v) is 3.03. The van der Waals surface area contributed by atoms with Gasteiger partial charge in [0.2, 0.25) is 5.91 Å². The van der Waals surface area contributed by atoms with Gasteiger partial charge >= 0.3 is 6.09 Å². The van der Waals surface area contributed by atoms with E-state index in [-0.39, 0.29) is 30.9 Å². The molecular formula is C21H23NO4. The average Bonchev–Trinajstić information content (AvgIpc) is 3.05. The molecule has 1 aliphatic rings. The highest BCUT2D eigenvalue weighted by Crippen LogP contribution is 2.28. The molecule has 0 N–H and O–H groups in total. The fourth-order valence-electron chi connectivity index (χ4n) is 3.03. The number of benzene rings is 2. The highest BCUT2D eigenvalue weighted by molar-refractivity contribution is 5.93. The van der Waals surface area contributed by atoms with Crippen molar-refractivity contribution >= 4 is 12.0 Å². The molecule has 2 amide bonds. The van der Waals surface area contributed by atoms with E-state index in [1.165, 1.54) is 4.90 Å². The number of cyclic esters (lactones) is 1. The molecule has 2 aromatic rings. The maximum Gasteiger partial charge on any atom is 0.417 e. The summed E-state index contributed by atoms with van der Waals surface area (Å²) < 4.78 is 10.8. The van der Waals surface area contributed by atoms with Gasteiger partial charge in [-0.25, -0.2) is 9.69 Å². The van der Waals surface area contributed by atoms with Crippen LogP contribution in [0, 0.1) is 5.92 Å². The van der Waals surface area contributed by atoms with Gasteiger partial charge in [-0.2, -0.15) is 0 Å². The number of hydrogen-bond acceptors (Lipinski definition) is 4. The zero-order valence-corrected chi connectivity index (χ0v) is 14.8. The zero-order valence-electron chi connectivity index (χ0n) is 14.8. The molecule has 0 bridgehead atoms. The van der Waals surface area contributed by atoms with Gasteiger partial charge in [-0.3, -0.25) is 4.79 Å². The number of carbonyl (C=O) groups excluding carboxylic acids is 2.